The molecule has 0 aromatic heterocycles. The first-order valence-corrected chi connectivity index (χ1v) is 21.4. The van der Waals surface area contributed by atoms with Crippen LogP contribution in [0.5, 0.6) is 11.5 Å². The molecule has 0 radical (unpaired) electrons. The first-order valence-electron chi connectivity index (χ1n) is 20.6. The molecule has 3 atom stereocenters. The van der Waals surface area contributed by atoms with Crippen LogP contribution in [0.25, 0.3) is 5.57 Å². The molecule has 1 saturated heterocycles. The Morgan fingerprint density at radius 2 is 1.48 bits per heavy atom. The maximum atomic E-state index is 15.6. The van der Waals surface area contributed by atoms with E-state index >= 15 is 4.79 Å². The van der Waals surface area contributed by atoms with E-state index in [1.165, 1.54) is 27.8 Å². The van der Waals surface area contributed by atoms with Crippen molar-refractivity contribution in [2.24, 2.45) is 0 Å². The number of fused-ring (bicyclic) bond motifs is 2. The van der Waals surface area contributed by atoms with Gasteiger partial charge in [-0.15, -0.1) is 0 Å². The van der Waals surface area contributed by atoms with Gasteiger partial charge in [-0.25, -0.2) is 0 Å². The highest BCUT2D eigenvalue weighted by Crippen LogP contribution is 2.45. The number of carbonyl (C=O) groups excluding carboxylic acids is 1. The molecule has 1 saturated carbocycles. The summed E-state index contributed by atoms with van der Waals surface area (Å²) in [6, 6.07) is 40.5. The minimum atomic E-state index is -0.0951. The van der Waals surface area contributed by atoms with Gasteiger partial charge >= 0.3 is 0 Å². The Kier molecular flexibility index (Phi) is 12.3. The molecule has 2 fully saturated rings. The molecular formula is C50H53Cl2N3O3. The van der Waals surface area contributed by atoms with E-state index in [-0.39, 0.29) is 30.1 Å². The molecule has 6 nitrogen and oxygen atoms in total. The zero-order valence-electron chi connectivity index (χ0n) is 34.0. The zero-order valence-corrected chi connectivity index (χ0v) is 35.5. The third-order valence-electron chi connectivity index (χ3n) is 12.2. The van der Waals surface area contributed by atoms with E-state index < -0.39 is 0 Å². The number of aryl methyl sites for hydroxylation is 2. The van der Waals surface area contributed by atoms with Crippen LogP contribution in [0.4, 0.5) is 0 Å². The van der Waals surface area contributed by atoms with Crippen LogP contribution in [0.15, 0.2) is 121 Å². The summed E-state index contributed by atoms with van der Waals surface area (Å²) in [5.41, 5.74) is 10.4. The van der Waals surface area contributed by atoms with Gasteiger partial charge in [-0.1, -0.05) is 114 Å². The second kappa shape index (κ2) is 17.7. The molecule has 300 valence electrons. The molecule has 5 aromatic carbocycles. The number of rotatable bonds is 14. The van der Waals surface area contributed by atoms with Crippen LogP contribution in [-0.4, -0.2) is 65.0 Å². The maximum absolute atomic E-state index is 15.6. The largest absolute Gasteiger partial charge is 0.490 e. The van der Waals surface area contributed by atoms with Crippen molar-refractivity contribution >= 4 is 34.7 Å². The van der Waals surface area contributed by atoms with E-state index in [1.807, 2.05) is 31.2 Å². The summed E-state index contributed by atoms with van der Waals surface area (Å²) in [6.07, 6.45) is 2.85. The summed E-state index contributed by atoms with van der Waals surface area (Å²) >= 11 is 12.8. The molecule has 1 aliphatic carbocycles. The Hall–Kier alpha value is -4.59. The van der Waals surface area contributed by atoms with Crippen molar-refractivity contribution in [3.05, 3.63) is 170 Å². The smallest absolute Gasteiger partial charge is 0.252 e. The van der Waals surface area contributed by atoms with Gasteiger partial charge in [0.15, 0.2) is 5.75 Å². The van der Waals surface area contributed by atoms with Gasteiger partial charge in [-0.05, 0) is 116 Å². The summed E-state index contributed by atoms with van der Waals surface area (Å²) in [5, 5.41) is 0.971. The second-order valence-corrected chi connectivity index (χ2v) is 17.1. The van der Waals surface area contributed by atoms with Gasteiger partial charge in [0.1, 0.15) is 19.0 Å². The first-order chi connectivity index (χ1) is 28.1. The summed E-state index contributed by atoms with van der Waals surface area (Å²) in [5.74, 6) is 1.37. The highest BCUT2D eigenvalue weighted by molar-refractivity contribution is 6.37. The predicted octanol–water partition coefficient (Wildman–Crippen LogP) is 11.0. The molecular weight excluding hydrogens is 761 g/mol. The standard InChI is InChI=1S/C50H53Cl2N3O3/c1-33-26-45(51)49(46(52)27-33)58-25-24-57-43-22-18-39(19-23-43)44-28-42-31-53(29-37-13-7-5-8-14-37)32-47(55(42)36(4)38-15-9-6-10-16-38)48(44)50(56)54(41-20-21-41)30-40-17-11-12-34(2)35(40)3/h5-19,22-23,26-27,36,41-42,47H,20-21,24-25,28-32H2,1-4H3/t36-,42-,47-/m0/s1. The van der Waals surface area contributed by atoms with Crippen molar-refractivity contribution in [2.45, 2.75) is 84.2 Å². The van der Waals surface area contributed by atoms with Crippen molar-refractivity contribution in [2.75, 3.05) is 26.3 Å². The van der Waals surface area contributed by atoms with Crippen LogP contribution in [0.1, 0.15) is 71.2 Å². The Bertz CT molecular complexity index is 2230. The highest BCUT2D eigenvalue weighted by atomic mass is 35.5. The number of piperazine rings is 1. The number of benzene rings is 5. The third-order valence-corrected chi connectivity index (χ3v) is 12.8. The minimum absolute atomic E-state index is 0.0951. The molecule has 8 heteroatoms. The molecule has 0 unspecified atom stereocenters. The van der Waals surface area contributed by atoms with E-state index in [0.29, 0.717) is 35.6 Å². The Labute approximate surface area is 354 Å². The average Bonchev–Trinajstić information content (AvgIpc) is 4.06. The lowest BCUT2D eigenvalue weighted by Gasteiger charge is -2.54. The number of halogens is 2. The van der Waals surface area contributed by atoms with Crippen LogP contribution in [-0.2, 0) is 17.9 Å². The number of amides is 1. The topological polar surface area (TPSA) is 45.3 Å². The predicted molar refractivity (Wildman–Crippen MR) is 236 cm³/mol. The first kappa shape index (κ1) is 40.2. The van der Waals surface area contributed by atoms with Crippen molar-refractivity contribution in [3.8, 4) is 11.5 Å². The normalized spacial score (nSPS) is 18.9. The fourth-order valence-electron chi connectivity index (χ4n) is 8.98. The van der Waals surface area contributed by atoms with Crippen molar-refractivity contribution in [1.82, 2.24) is 14.7 Å². The summed E-state index contributed by atoms with van der Waals surface area (Å²) in [4.78, 5) is 23.1. The zero-order chi connectivity index (χ0) is 40.3. The molecule has 2 bridgehead atoms. The van der Waals surface area contributed by atoms with Crippen LogP contribution >= 0.6 is 23.2 Å². The van der Waals surface area contributed by atoms with Crippen molar-refractivity contribution in [1.29, 1.82) is 0 Å². The number of ether oxygens (including phenoxy) is 2. The van der Waals surface area contributed by atoms with Gasteiger partial charge in [0, 0.05) is 49.9 Å². The summed E-state index contributed by atoms with van der Waals surface area (Å²) in [7, 11) is 0. The number of nitrogens with zero attached hydrogens (tertiary/aromatic N) is 3. The Morgan fingerprint density at radius 3 is 2.17 bits per heavy atom. The average molecular weight is 815 g/mol. The van der Waals surface area contributed by atoms with Gasteiger partial charge in [0.2, 0.25) is 0 Å². The van der Waals surface area contributed by atoms with E-state index in [2.05, 4.69) is 126 Å². The second-order valence-electron chi connectivity index (χ2n) is 16.3. The maximum Gasteiger partial charge on any atom is 0.252 e. The van der Waals surface area contributed by atoms with Crippen LogP contribution in [0, 0.1) is 20.8 Å². The van der Waals surface area contributed by atoms with E-state index in [0.717, 1.165) is 66.9 Å². The van der Waals surface area contributed by atoms with Gasteiger partial charge in [-0.3, -0.25) is 14.6 Å². The quantitative estimate of drug-likeness (QED) is 0.105. The van der Waals surface area contributed by atoms with Crippen molar-refractivity contribution in [3.63, 3.8) is 0 Å². The lowest BCUT2D eigenvalue weighted by molar-refractivity contribution is -0.130. The Balaban J connectivity index is 1.14. The molecule has 2 heterocycles. The van der Waals surface area contributed by atoms with Crippen LogP contribution < -0.4 is 9.47 Å². The van der Waals surface area contributed by atoms with E-state index in [4.69, 9.17) is 32.7 Å². The monoisotopic (exact) mass is 813 g/mol. The third kappa shape index (κ3) is 8.86. The SMILES string of the molecule is Cc1cc(Cl)c(OCCOc2ccc(C3=C(C(=O)N(Cc4cccc(C)c4C)C4CC4)[C@@H]4CN(Cc5ccccc5)C[C@H](C3)N4[C@@H](C)c3ccccc3)cc2)c(Cl)c1. The molecule has 0 N–H and O–H groups in total. The summed E-state index contributed by atoms with van der Waals surface area (Å²) < 4.78 is 12.0. The van der Waals surface area contributed by atoms with Gasteiger partial charge < -0.3 is 14.4 Å². The van der Waals surface area contributed by atoms with Gasteiger partial charge in [0.05, 0.1) is 16.1 Å². The van der Waals surface area contributed by atoms with Gasteiger partial charge in [0.25, 0.3) is 5.91 Å². The van der Waals surface area contributed by atoms with Crippen LogP contribution in [0.2, 0.25) is 10.0 Å². The molecule has 58 heavy (non-hydrogen) atoms. The molecule has 8 rings (SSSR count). The lowest BCUT2D eigenvalue weighted by atomic mass is 9.79. The molecule has 1 amide bonds. The molecule has 2 aliphatic heterocycles. The van der Waals surface area contributed by atoms with Crippen molar-refractivity contribution < 1.29 is 14.3 Å². The number of hydrogen-bond donors (Lipinski definition) is 0. The number of hydrogen-bond acceptors (Lipinski definition) is 5. The lowest BCUT2D eigenvalue weighted by Crippen LogP contribution is -2.63. The fraction of sp³-hybridized carbons (Fsp3) is 0.340. The fourth-order valence-corrected chi connectivity index (χ4v) is 9.68. The van der Waals surface area contributed by atoms with Gasteiger partial charge in [-0.2, -0.15) is 0 Å². The minimum Gasteiger partial charge on any atom is -0.490 e. The molecule has 0 spiro atoms. The van der Waals surface area contributed by atoms with E-state index in [9.17, 15) is 0 Å². The molecule has 3 aliphatic rings. The number of carbonyl (C=O) groups is 1. The van der Waals surface area contributed by atoms with E-state index in [1.54, 1.807) is 0 Å². The highest BCUT2D eigenvalue weighted by Gasteiger charge is 2.48. The van der Waals surface area contributed by atoms with Crippen LogP contribution in [0.3, 0.4) is 0 Å². The Morgan fingerprint density at radius 1 is 0.810 bits per heavy atom. The molecule has 5 aromatic rings. The summed E-state index contributed by atoms with van der Waals surface area (Å²) in [6.45, 7) is 12.4.